The van der Waals surface area contributed by atoms with Crippen LogP contribution in [0.5, 0.6) is 0 Å². The molecule has 1 fully saturated rings. The number of nitrogens with zero attached hydrogens (tertiary/aromatic N) is 5. The number of benzene rings is 2. The number of hydrogen-bond donors (Lipinski definition) is 1. The summed E-state index contributed by atoms with van der Waals surface area (Å²) in [6.45, 7) is 13.5. The van der Waals surface area contributed by atoms with Gasteiger partial charge in [0.15, 0.2) is 5.65 Å². The summed E-state index contributed by atoms with van der Waals surface area (Å²) < 4.78 is 9.24. The number of ether oxygens (including phenoxy) is 1. The van der Waals surface area contributed by atoms with E-state index in [1.807, 2.05) is 63.4 Å². The Hall–Kier alpha value is -4.72. The first-order chi connectivity index (χ1) is 20.1. The Balaban J connectivity index is 1.46. The molecule has 0 bridgehead atoms. The molecule has 5 aromatic rings. The number of amides is 1. The summed E-state index contributed by atoms with van der Waals surface area (Å²) in [5, 5.41) is 12.9. The van der Waals surface area contributed by atoms with Crippen molar-refractivity contribution in [3.8, 4) is 33.8 Å². The maximum atomic E-state index is 12.7. The predicted octanol–water partition coefficient (Wildman–Crippen LogP) is 7.55. The van der Waals surface area contributed by atoms with Gasteiger partial charge in [-0.15, -0.1) is 0 Å². The van der Waals surface area contributed by atoms with Gasteiger partial charge < -0.3 is 10.1 Å². The fraction of sp³-hybridized carbons (Fsp3) is 0.294. The molecule has 2 aromatic carbocycles. The second kappa shape index (κ2) is 10.3. The molecule has 8 heteroatoms. The molecule has 1 saturated carbocycles. The Kier molecular flexibility index (Phi) is 6.72. The van der Waals surface area contributed by atoms with E-state index >= 15 is 0 Å². The second-order valence-corrected chi connectivity index (χ2v) is 12.0. The lowest BCUT2D eigenvalue weighted by atomic mass is 9.71. The zero-order valence-corrected chi connectivity index (χ0v) is 24.8. The molecule has 42 heavy (non-hydrogen) atoms. The number of aromatic nitrogens is 5. The second-order valence-electron chi connectivity index (χ2n) is 12.0. The highest BCUT2D eigenvalue weighted by atomic mass is 16.6. The highest BCUT2D eigenvalue weighted by molar-refractivity contribution is 5.83. The lowest BCUT2D eigenvalue weighted by Gasteiger charge is -2.43. The van der Waals surface area contributed by atoms with Crippen molar-refractivity contribution in [3.63, 3.8) is 0 Å². The van der Waals surface area contributed by atoms with Crippen molar-refractivity contribution < 1.29 is 9.53 Å². The Morgan fingerprint density at radius 1 is 1.00 bits per heavy atom. The zero-order valence-electron chi connectivity index (χ0n) is 24.8. The van der Waals surface area contributed by atoms with Crippen LogP contribution in [0.2, 0.25) is 0 Å². The largest absolute Gasteiger partial charge is 0.444 e. The summed E-state index contributed by atoms with van der Waals surface area (Å²) in [7, 11) is 0. The Labute approximate surface area is 246 Å². The third-order valence-corrected chi connectivity index (χ3v) is 7.80. The molecule has 0 unspecified atom stereocenters. The van der Waals surface area contributed by atoms with Crippen LogP contribution in [-0.2, 0) is 10.3 Å². The van der Waals surface area contributed by atoms with E-state index in [2.05, 4.69) is 59.5 Å². The summed E-state index contributed by atoms with van der Waals surface area (Å²) >= 11 is 0. The van der Waals surface area contributed by atoms with Crippen LogP contribution in [0.4, 0.5) is 4.79 Å². The van der Waals surface area contributed by atoms with Gasteiger partial charge >= 0.3 is 6.09 Å². The fourth-order valence-electron chi connectivity index (χ4n) is 5.73. The van der Waals surface area contributed by atoms with Gasteiger partial charge in [0.1, 0.15) is 11.3 Å². The van der Waals surface area contributed by atoms with E-state index in [1.54, 1.807) is 10.9 Å². The molecule has 6 rings (SSSR count). The molecule has 1 N–H and O–H groups in total. The zero-order chi connectivity index (χ0) is 29.6. The predicted molar refractivity (Wildman–Crippen MR) is 166 cm³/mol. The molecule has 3 heterocycles. The SMILES string of the molecule is C=Cn1nc(C)cc1-c1c(C)nc2cc(-c3ccccc3)c(-c3ccc(C4(NC(=O)OC(C)(C)C)CCC4)cc3)nn12. The van der Waals surface area contributed by atoms with Gasteiger partial charge in [0.25, 0.3) is 0 Å². The van der Waals surface area contributed by atoms with Crippen LogP contribution in [0.15, 0.2) is 73.3 Å². The standard InChI is InChI=1S/C34H36N6O2/c1-7-39-28(20-22(2)37-39)31-23(3)35-29-21-27(24-12-9-8-10-13-24)30(38-40(29)31)25-14-16-26(17-15-25)34(18-11-19-34)36-32(41)42-33(4,5)6/h7-10,12-17,20-21H,1,11,18-19H2,2-6H3,(H,36,41). The number of aryl methyl sites for hydroxylation is 2. The molecular formula is C34H36N6O2. The van der Waals surface area contributed by atoms with Gasteiger partial charge in [-0.2, -0.15) is 10.2 Å². The summed E-state index contributed by atoms with van der Waals surface area (Å²) in [5.41, 5.74) is 8.21. The lowest BCUT2D eigenvalue weighted by molar-refractivity contribution is 0.0377. The van der Waals surface area contributed by atoms with E-state index in [4.69, 9.17) is 14.8 Å². The molecule has 0 radical (unpaired) electrons. The average molecular weight is 561 g/mol. The molecule has 0 spiro atoms. The van der Waals surface area contributed by atoms with E-state index in [0.29, 0.717) is 0 Å². The summed E-state index contributed by atoms with van der Waals surface area (Å²) in [6, 6.07) is 22.8. The van der Waals surface area contributed by atoms with E-state index in [1.165, 1.54) is 0 Å². The Bertz CT molecular complexity index is 1790. The molecule has 0 saturated heterocycles. The quantitative estimate of drug-likeness (QED) is 0.232. The van der Waals surface area contributed by atoms with Gasteiger partial charge in [0.2, 0.25) is 0 Å². The van der Waals surface area contributed by atoms with Crippen LogP contribution < -0.4 is 5.32 Å². The molecule has 214 valence electrons. The number of fused-ring (bicyclic) bond motifs is 1. The van der Waals surface area contributed by atoms with Crippen molar-refractivity contribution >= 4 is 17.9 Å². The molecule has 1 aliphatic carbocycles. The Morgan fingerprint density at radius 2 is 1.71 bits per heavy atom. The van der Waals surface area contributed by atoms with Crippen LogP contribution in [0.25, 0.3) is 45.6 Å². The minimum Gasteiger partial charge on any atom is -0.444 e. The third kappa shape index (κ3) is 4.98. The molecule has 1 aliphatic rings. The van der Waals surface area contributed by atoms with Crippen LogP contribution in [0.1, 0.15) is 57.0 Å². The molecular weight excluding hydrogens is 524 g/mol. The average Bonchev–Trinajstić information content (AvgIpc) is 3.46. The molecule has 1 amide bonds. The van der Waals surface area contributed by atoms with Gasteiger partial charge in [-0.3, -0.25) is 0 Å². The van der Waals surface area contributed by atoms with Crippen molar-refractivity contribution in [2.45, 2.75) is 65.0 Å². The lowest BCUT2D eigenvalue weighted by Crippen LogP contribution is -2.52. The number of rotatable bonds is 6. The van der Waals surface area contributed by atoms with Gasteiger partial charge in [-0.1, -0.05) is 61.2 Å². The summed E-state index contributed by atoms with van der Waals surface area (Å²) in [4.78, 5) is 17.6. The van der Waals surface area contributed by atoms with Gasteiger partial charge in [-0.25, -0.2) is 19.0 Å². The number of alkyl carbamates (subject to hydrolysis) is 1. The maximum absolute atomic E-state index is 12.7. The highest BCUT2D eigenvalue weighted by Crippen LogP contribution is 2.42. The number of hydrogen-bond acceptors (Lipinski definition) is 5. The number of carbonyl (C=O) groups is 1. The van der Waals surface area contributed by atoms with Crippen molar-refractivity contribution in [2.75, 3.05) is 0 Å². The van der Waals surface area contributed by atoms with E-state index in [0.717, 1.165) is 75.6 Å². The molecule has 3 aromatic heterocycles. The summed E-state index contributed by atoms with van der Waals surface area (Å²) in [6.07, 6.45) is 4.11. The van der Waals surface area contributed by atoms with E-state index < -0.39 is 11.1 Å². The van der Waals surface area contributed by atoms with Gasteiger partial charge in [0.05, 0.1) is 28.3 Å². The number of nitrogens with one attached hydrogen (secondary N) is 1. The number of imidazole rings is 1. The topological polar surface area (TPSA) is 86.3 Å². The van der Waals surface area contributed by atoms with Crippen LogP contribution in [0, 0.1) is 13.8 Å². The Morgan fingerprint density at radius 3 is 2.33 bits per heavy atom. The van der Waals surface area contributed by atoms with Crippen LogP contribution >= 0.6 is 0 Å². The number of carbonyl (C=O) groups excluding carboxylic acids is 1. The first-order valence-electron chi connectivity index (χ1n) is 14.3. The summed E-state index contributed by atoms with van der Waals surface area (Å²) in [5.74, 6) is 0. The first-order valence-corrected chi connectivity index (χ1v) is 14.3. The highest BCUT2D eigenvalue weighted by Gasteiger charge is 2.41. The minimum atomic E-state index is -0.552. The maximum Gasteiger partial charge on any atom is 0.408 e. The van der Waals surface area contributed by atoms with Crippen molar-refractivity contribution in [3.05, 3.63) is 90.3 Å². The monoisotopic (exact) mass is 560 g/mol. The molecule has 0 aliphatic heterocycles. The van der Waals surface area contributed by atoms with Gasteiger partial charge in [0, 0.05) is 17.3 Å². The van der Waals surface area contributed by atoms with Gasteiger partial charge in [-0.05, 0) is 77.1 Å². The first kappa shape index (κ1) is 27.4. The fourth-order valence-corrected chi connectivity index (χ4v) is 5.73. The van der Waals surface area contributed by atoms with Crippen molar-refractivity contribution in [1.82, 2.24) is 29.7 Å². The van der Waals surface area contributed by atoms with Crippen LogP contribution in [0.3, 0.4) is 0 Å². The van der Waals surface area contributed by atoms with Crippen molar-refractivity contribution in [2.24, 2.45) is 0 Å². The molecule has 8 nitrogen and oxygen atoms in total. The minimum absolute atomic E-state index is 0.387. The third-order valence-electron chi connectivity index (χ3n) is 7.80. The smallest absolute Gasteiger partial charge is 0.408 e. The van der Waals surface area contributed by atoms with E-state index in [9.17, 15) is 4.79 Å². The normalized spacial score (nSPS) is 14.4. The van der Waals surface area contributed by atoms with Crippen molar-refractivity contribution in [1.29, 1.82) is 0 Å². The van der Waals surface area contributed by atoms with Crippen LogP contribution in [-0.4, -0.2) is 36.1 Å². The molecule has 0 atom stereocenters. The van der Waals surface area contributed by atoms with E-state index in [-0.39, 0.29) is 6.09 Å².